The topological polar surface area (TPSA) is 105 Å². The number of hydrogen-bond donors (Lipinski definition) is 1. The highest BCUT2D eigenvalue weighted by Gasteiger charge is 2.16. The fourth-order valence-electron chi connectivity index (χ4n) is 2.37. The van der Waals surface area contributed by atoms with E-state index in [-0.39, 0.29) is 11.3 Å². The summed E-state index contributed by atoms with van der Waals surface area (Å²) in [6.45, 7) is 2.14. The molecule has 1 heterocycles. The summed E-state index contributed by atoms with van der Waals surface area (Å²) < 4.78 is 5.23. The van der Waals surface area contributed by atoms with Crippen molar-refractivity contribution in [2.24, 2.45) is 0 Å². The van der Waals surface area contributed by atoms with Crippen LogP contribution in [0.5, 0.6) is 0 Å². The van der Waals surface area contributed by atoms with E-state index in [4.69, 9.17) is 9.78 Å². The third-order valence-corrected chi connectivity index (χ3v) is 3.56. The van der Waals surface area contributed by atoms with E-state index in [2.05, 4.69) is 10.5 Å². The van der Waals surface area contributed by atoms with Crippen LogP contribution < -0.4 is 5.32 Å². The first-order valence-electron chi connectivity index (χ1n) is 6.86. The van der Waals surface area contributed by atoms with Gasteiger partial charge in [0.05, 0.1) is 11.5 Å². The van der Waals surface area contributed by atoms with Gasteiger partial charge in [-0.2, -0.15) is 5.26 Å². The molecular weight excluding hydrogens is 296 g/mol. The van der Waals surface area contributed by atoms with Gasteiger partial charge < -0.3 is 9.84 Å². The van der Waals surface area contributed by atoms with Gasteiger partial charge in [-0.05, 0) is 30.7 Å². The van der Waals surface area contributed by atoms with Crippen molar-refractivity contribution in [2.45, 2.75) is 13.5 Å². The van der Waals surface area contributed by atoms with Gasteiger partial charge in [0.1, 0.15) is 17.3 Å². The molecule has 0 unspecified atom stereocenters. The van der Waals surface area contributed by atoms with Crippen molar-refractivity contribution in [1.29, 1.82) is 5.26 Å². The van der Waals surface area contributed by atoms with Gasteiger partial charge in [-0.25, -0.2) is 0 Å². The fraction of sp³-hybridized carbons (Fsp3) is 0.125. The molecule has 0 atom stereocenters. The second-order valence-electron chi connectivity index (χ2n) is 5.03. The number of anilines is 1. The summed E-state index contributed by atoms with van der Waals surface area (Å²) in [7, 11) is 0. The molecule has 0 fully saturated rings. The smallest absolute Gasteiger partial charge is 0.287 e. The van der Waals surface area contributed by atoms with E-state index in [1.165, 1.54) is 12.1 Å². The molecule has 0 aliphatic rings. The summed E-state index contributed by atoms with van der Waals surface area (Å²) in [5.41, 5.74) is 2.59. The molecule has 2 aromatic carbocycles. The van der Waals surface area contributed by atoms with E-state index >= 15 is 0 Å². The van der Waals surface area contributed by atoms with E-state index in [0.717, 1.165) is 11.1 Å². The Bertz CT molecular complexity index is 940. The summed E-state index contributed by atoms with van der Waals surface area (Å²) in [5, 5.41) is 28.1. The molecule has 0 aliphatic carbocycles. The van der Waals surface area contributed by atoms with Crippen LogP contribution in [0.1, 0.15) is 16.8 Å². The summed E-state index contributed by atoms with van der Waals surface area (Å²) in [5.74, 6) is 0. The quantitative estimate of drug-likeness (QED) is 0.584. The Balaban J connectivity index is 1.89. The molecule has 7 heteroatoms. The first-order chi connectivity index (χ1) is 11.1. The number of nitriles is 1. The largest absolute Gasteiger partial charge is 0.379 e. The molecule has 7 nitrogen and oxygen atoms in total. The molecule has 0 aliphatic heterocycles. The zero-order chi connectivity index (χ0) is 16.4. The molecule has 0 saturated carbocycles. The molecule has 0 bridgehead atoms. The summed E-state index contributed by atoms with van der Waals surface area (Å²) in [4.78, 5) is 10.4. The highest BCUT2D eigenvalue weighted by atomic mass is 16.6. The number of benzene rings is 2. The Morgan fingerprint density at radius 2 is 2.17 bits per heavy atom. The SMILES string of the molecule is Cc1cc([N+](=O)[O-])c(C#N)cc1NCc1noc2ccccc12. The highest BCUT2D eigenvalue weighted by molar-refractivity contribution is 5.79. The molecule has 114 valence electrons. The predicted octanol–water partition coefficient (Wildman–Crippen LogP) is 3.53. The molecule has 1 N–H and O–H groups in total. The third-order valence-electron chi connectivity index (χ3n) is 3.56. The summed E-state index contributed by atoms with van der Waals surface area (Å²) >= 11 is 0. The Kier molecular flexibility index (Phi) is 3.65. The minimum absolute atomic E-state index is 0.0214. The molecule has 0 spiro atoms. The number of aromatic nitrogens is 1. The first kappa shape index (κ1) is 14.5. The lowest BCUT2D eigenvalue weighted by Crippen LogP contribution is -2.03. The second kappa shape index (κ2) is 5.77. The van der Waals surface area contributed by atoms with Crippen molar-refractivity contribution in [3.05, 3.63) is 63.3 Å². The number of rotatable bonds is 4. The number of nitro benzene ring substituents is 1. The molecule has 0 radical (unpaired) electrons. The van der Waals surface area contributed by atoms with Crippen molar-refractivity contribution in [2.75, 3.05) is 5.32 Å². The number of aryl methyl sites for hydroxylation is 1. The molecule has 1 aromatic heterocycles. The van der Waals surface area contributed by atoms with Crippen molar-refractivity contribution < 1.29 is 9.45 Å². The lowest BCUT2D eigenvalue weighted by molar-refractivity contribution is -0.385. The van der Waals surface area contributed by atoms with E-state index < -0.39 is 4.92 Å². The van der Waals surface area contributed by atoms with Crippen LogP contribution in [-0.4, -0.2) is 10.1 Å². The van der Waals surface area contributed by atoms with Crippen LogP contribution in [0.3, 0.4) is 0 Å². The second-order valence-corrected chi connectivity index (χ2v) is 5.03. The maximum atomic E-state index is 10.9. The molecule has 0 amide bonds. The van der Waals surface area contributed by atoms with Crippen molar-refractivity contribution in [3.8, 4) is 6.07 Å². The van der Waals surface area contributed by atoms with Crippen LogP contribution in [0.25, 0.3) is 11.0 Å². The summed E-state index contributed by atoms with van der Waals surface area (Å²) in [6, 6.07) is 12.2. The zero-order valence-corrected chi connectivity index (χ0v) is 12.2. The first-order valence-corrected chi connectivity index (χ1v) is 6.86. The van der Waals surface area contributed by atoms with Gasteiger partial charge in [-0.1, -0.05) is 17.3 Å². The van der Waals surface area contributed by atoms with Gasteiger partial charge in [0, 0.05) is 17.1 Å². The van der Waals surface area contributed by atoms with Gasteiger partial charge in [0.15, 0.2) is 5.58 Å². The van der Waals surface area contributed by atoms with Crippen molar-refractivity contribution in [3.63, 3.8) is 0 Å². The van der Waals surface area contributed by atoms with Crippen molar-refractivity contribution in [1.82, 2.24) is 5.16 Å². The van der Waals surface area contributed by atoms with Crippen LogP contribution in [-0.2, 0) is 6.54 Å². The maximum Gasteiger partial charge on any atom is 0.287 e. The number of hydrogen-bond acceptors (Lipinski definition) is 6. The van der Waals surface area contributed by atoms with Gasteiger partial charge in [0.2, 0.25) is 0 Å². The normalized spacial score (nSPS) is 10.4. The van der Waals surface area contributed by atoms with E-state index in [9.17, 15) is 10.1 Å². The van der Waals surface area contributed by atoms with Crippen LogP contribution in [0, 0.1) is 28.4 Å². The average molecular weight is 308 g/mol. The molecule has 3 aromatic rings. The number of nitro groups is 1. The predicted molar refractivity (Wildman–Crippen MR) is 83.9 cm³/mol. The van der Waals surface area contributed by atoms with Crippen LogP contribution >= 0.6 is 0 Å². The maximum absolute atomic E-state index is 10.9. The molecule has 3 rings (SSSR count). The monoisotopic (exact) mass is 308 g/mol. The van der Waals surface area contributed by atoms with Gasteiger partial charge in [-0.15, -0.1) is 0 Å². The minimum Gasteiger partial charge on any atom is -0.379 e. The number of nitrogens with zero attached hydrogens (tertiary/aromatic N) is 3. The fourth-order valence-corrected chi connectivity index (χ4v) is 2.37. The zero-order valence-electron chi connectivity index (χ0n) is 12.2. The van der Waals surface area contributed by atoms with Gasteiger partial charge in [0.25, 0.3) is 5.69 Å². The Hall–Kier alpha value is -3.40. The number of para-hydroxylation sites is 1. The van der Waals surface area contributed by atoms with Crippen LogP contribution in [0.2, 0.25) is 0 Å². The number of nitrogens with one attached hydrogen (secondary N) is 1. The van der Waals surface area contributed by atoms with Gasteiger partial charge in [-0.3, -0.25) is 10.1 Å². The number of fused-ring (bicyclic) bond motifs is 1. The van der Waals surface area contributed by atoms with Crippen LogP contribution in [0.15, 0.2) is 40.9 Å². The van der Waals surface area contributed by atoms with E-state index in [0.29, 0.717) is 23.4 Å². The standard InChI is InChI=1S/C16H12N4O3/c1-10-6-15(20(21)22)11(8-17)7-13(10)18-9-14-12-4-2-3-5-16(12)23-19-14/h2-7,18H,9H2,1H3. The lowest BCUT2D eigenvalue weighted by atomic mass is 10.1. The molecule has 23 heavy (non-hydrogen) atoms. The summed E-state index contributed by atoms with van der Waals surface area (Å²) in [6.07, 6.45) is 0. The highest BCUT2D eigenvalue weighted by Crippen LogP contribution is 2.27. The van der Waals surface area contributed by atoms with E-state index in [1.807, 2.05) is 30.3 Å². The van der Waals surface area contributed by atoms with Gasteiger partial charge >= 0.3 is 0 Å². The Morgan fingerprint density at radius 1 is 1.39 bits per heavy atom. The molecular formula is C16H12N4O3. The Morgan fingerprint density at radius 3 is 2.91 bits per heavy atom. The molecule has 0 saturated heterocycles. The minimum atomic E-state index is -0.555. The average Bonchev–Trinajstić information content (AvgIpc) is 2.96. The Labute approximate surface area is 131 Å². The van der Waals surface area contributed by atoms with Crippen molar-refractivity contribution >= 4 is 22.3 Å². The lowest BCUT2D eigenvalue weighted by Gasteiger charge is -2.09. The van der Waals surface area contributed by atoms with E-state index in [1.54, 1.807) is 6.92 Å². The van der Waals surface area contributed by atoms with Crippen LogP contribution in [0.4, 0.5) is 11.4 Å². The third kappa shape index (κ3) is 2.70.